The Bertz CT molecular complexity index is 687. The highest BCUT2D eigenvalue weighted by molar-refractivity contribution is 6.30. The number of ether oxygens (including phenoxy) is 1. The molecule has 108 valence electrons. The van der Waals surface area contributed by atoms with Gasteiger partial charge in [-0.25, -0.2) is 4.79 Å². The summed E-state index contributed by atoms with van der Waals surface area (Å²) in [7, 11) is 0. The van der Waals surface area contributed by atoms with E-state index in [4.69, 9.17) is 21.4 Å². The van der Waals surface area contributed by atoms with E-state index in [2.05, 4.69) is 4.98 Å². The molecule has 1 aromatic heterocycles. The minimum atomic E-state index is -1.08. The van der Waals surface area contributed by atoms with Crippen molar-refractivity contribution < 1.29 is 19.6 Å². The average molecular weight is 309 g/mol. The Morgan fingerprint density at radius 3 is 2.71 bits per heavy atom. The van der Waals surface area contributed by atoms with Crippen LogP contribution in [0.3, 0.4) is 0 Å². The van der Waals surface area contributed by atoms with Gasteiger partial charge in [0.1, 0.15) is 6.61 Å². The molecular weight excluding hydrogens is 300 g/mol. The van der Waals surface area contributed by atoms with Crippen molar-refractivity contribution in [3.8, 4) is 5.75 Å². The van der Waals surface area contributed by atoms with E-state index in [0.717, 1.165) is 0 Å². The van der Waals surface area contributed by atoms with Crippen molar-refractivity contribution >= 4 is 23.3 Å². The highest BCUT2D eigenvalue weighted by Crippen LogP contribution is 2.30. The topological polar surface area (TPSA) is 103 Å². The number of pyridine rings is 1. The highest BCUT2D eigenvalue weighted by atomic mass is 35.5. The second-order valence-corrected chi connectivity index (χ2v) is 4.44. The number of carbonyl (C=O) groups is 1. The van der Waals surface area contributed by atoms with E-state index >= 15 is 0 Å². The van der Waals surface area contributed by atoms with Gasteiger partial charge in [-0.2, -0.15) is 0 Å². The fraction of sp³-hybridized carbons (Fsp3) is 0.0769. The summed E-state index contributed by atoms with van der Waals surface area (Å²) in [6, 6.07) is 6.92. The summed E-state index contributed by atoms with van der Waals surface area (Å²) < 4.78 is 5.33. The zero-order valence-electron chi connectivity index (χ0n) is 10.5. The molecule has 1 aromatic carbocycles. The molecule has 0 aliphatic rings. The van der Waals surface area contributed by atoms with Crippen LogP contribution < -0.4 is 4.74 Å². The van der Waals surface area contributed by atoms with Crippen molar-refractivity contribution in [3.05, 3.63) is 62.9 Å². The van der Waals surface area contributed by atoms with Gasteiger partial charge in [0.15, 0.2) is 5.75 Å². The summed E-state index contributed by atoms with van der Waals surface area (Å²) in [4.78, 5) is 24.9. The lowest BCUT2D eigenvalue weighted by atomic mass is 10.2. The summed E-state index contributed by atoms with van der Waals surface area (Å²) in [5, 5.41) is 19.9. The normalized spacial score (nSPS) is 10.1. The van der Waals surface area contributed by atoms with Crippen molar-refractivity contribution in [2.24, 2.45) is 0 Å². The molecule has 2 rings (SSSR count). The second-order valence-electron chi connectivity index (χ2n) is 4.00. The van der Waals surface area contributed by atoms with Gasteiger partial charge in [-0.15, -0.1) is 0 Å². The molecular formula is C13H9ClN2O5. The lowest BCUT2D eigenvalue weighted by Crippen LogP contribution is -2.03. The van der Waals surface area contributed by atoms with Gasteiger partial charge in [-0.05, 0) is 24.3 Å². The molecule has 0 bridgehead atoms. The average Bonchev–Trinajstić information content (AvgIpc) is 2.46. The van der Waals surface area contributed by atoms with Crippen molar-refractivity contribution in [1.82, 2.24) is 4.98 Å². The number of nitro groups is 1. The van der Waals surface area contributed by atoms with E-state index in [1.165, 1.54) is 36.5 Å². The third kappa shape index (κ3) is 3.67. The summed E-state index contributed by atoms with van der Waals surface area (Å²) in [6.45, 7) is -0.0254. The first-order valence-corrected chi connectivity index (χ1v) is 6.10. The number of carboxylic acid groups (broad SMARTS) is 1. The molecule has 7 nitrogen and oxygen atoms in total. The van der Waals surface area contributed by atoms with Crippen molar-refractivity contribution in [1.29, 1.82) is 0 Å². The van der Waals surface area contributed by atoms with E-state index < -0.39 is 10.9 Å². The number of hydrogen-bond donors (Lipinski definition) is 1. The van der Waals surface area contributed by atoms with Crippen LogP contribution in [0.1, 0.15) is 16.1 Å². The Balaban J connectivity index is 2.13. The van der Waals surface area contributed by atoms with Crippen LogP contribution >= 0.6 is 11.6 Å². The van der Waals surface area contributed by atoms with E-state index in [-0.39, 0.29) is 28.6 Å². The zero-order chi connectivity index (χ0) is 15.4. The maximum absolute atomic E-state index is 10.9. The van der Waals surface area contributed by atoms with Gasteiger partial charge in [0.25, 0.3) is 0 Å². The molecule has 0 atom stereocenters. The third-order valence-electron chi connectivity index (χ3n) is 2.56. The predicted molar refractivity (Wildman–Crippen MR) is 73.6 cm³/mol. The Hall–Kier alpha value is -2.67. The van der Waals surface area contributed by atoms with Crippen molar-refractivity contribution in [2.75, 3.05) is 0 Å². The molecule has 8 heteroatoms. The molecule has 0 spiro atoms. The van der Waals surface area contributed by atoms with Crippen LogP contribution in [-0.2, 0) is 6.61 Å². The van der Waals surface area contributed by atoms with Crippen molar-refractivity contribution in [2.45, 2.75) is 6.61 Å². The van der Waals surface area contributed by atoms with Crippen molar-refractivity contribution in [3.63, 3.8) is 0 Å². The van der Waals surface area contributed by atoms with Crippen LogP contribution in [0.15, 0.2) is 36.5 Å². The van der Waals surface area contributed by atoms with Crippen LogP contribution in [-0.4, -0.2) is 21.0 Å². The maximum atomic E-state index is 10.9. The first kappa shape index (κ1) is 14.7. The van der Waals surface area contributed by atoms with Gasteiger partial charge >= 0.3 is 11.7 Å². The van der Waals surface area contributed by atoms with Gasteiger partial charge in [-0.1, -0.05) is 11.6 Å². The molecule has 0 amide bonds. The third-order valence-corrected chi connectivity index (χ3v) is 2.80. The van der Waals surface area contributed by atoms with Crippen LogP contribution in [0.4, 0.5) is 5.69 Å². The number of benzene rings is 1. The van der Waals surface area contributed by atoms with Gasteiger partial charge in [0.2, 0.25) is 0 Å². The largest absolute Gasteiger partial charge is 0.480 e. The van der Waals surface area contributed by atoms with E-state index in [1.807, 2.05) is 0 Å². The first-order valence-electron chi connectivity index (χ1n) is 5.72. The Labute approximate surface area is 123 Å². The number of aromatic carboxylic acids is 1. The van der Waals surface area contributed by atoms with Gasteiger partial charge < -0.3 is 9.84 Å². The zero-order valence-corrected chi connectivity index (χ0v) is 11.3. The SMILES string of the molecule is O=C(O)c1ccc(COc2ccc(Cl)cc2[N+](=O)[O-])nc1. The fourth-order valence-corrected chi connectivity index (χ4v) is 1.71. The number of aromatic nitrogens is 1. The standard InChI is InChI=1S/C13H9ClN2O5/c14-9-2-4-12(11(5-9)16(19)20)21-7-10-3-1-8(6-15-10)13(17)18/h1-6H,7H2,(H,17,18). The minimum Gasteiger partial charge on any atom is -0.480 e. The predicted octanol–water partition coefficient (Wildman–Crippen LogP) is 2.92. The number of hydrogen-bond acceptors (Lipinski definition) is 5. The monoisotopic (exact) mass is 308 g/mol. The number of carboxylic acids is 1. The maximum Gasteiger partial charge on any atom is 0.337 e. The second kappa shape index (κ2) is 6.19. The Kier molecular flexibility index (Phi) is 4.34. The van der Waals surface area contributed by atoms with Crippen LogP contribution in [0.5, 0.6) is 5.75 Å². The molecule has 0 radical (unpaired) electrons. The first-order chi connectivity index (χ1) is 9.97. The summed E-state index contributed by atoms with van der Waals surface area (Å²) in [6.07, 6.45) is 1.19. The summed E-state index contributed by atoms with van der Waals surface area (Å²) in [5.41, 5.74) is 0.255. The summed E-state index contributed by atoms with van der Waals surface area (Å²) >= 11 is 5.70. The molecule has 1 heterocycles. The van der Waals surface area contributed by atoms with E-state index in [9.17, 15) is 14.9 Å². The smallest absolute Gasteiger partial charge is 0.337 e. The van der Waals surface area contributed by atoms with E-state index in [1.54, 1.807) is 0 Å². The van der Waals surface area contributed by atoms with Crippen LogP contribution in [0.2, 0.25) is 5.02 Å². The fourth-order valence-electron chi connectivity index (χ4n) is 1.54. The van der Waals surface area contributed by atoms with Crippen LogP contribution in [0, 0.1) is 10.1 Å². The molecule has 21 heavy (non-hydrogen) atoms. The van der Waals surface area contributed by atoms with E-state index in [0.29, 0.717) is 5.69 Å². The molecule has 0 saturated carbocycles. The van der Waals surface area contributed by atoms with Gasteiger partial charge in [0, 0.05) is 17.3 Å². The number of nitrogens with zero attached hydrogens (tertiary/aromatic N) is 2. The van der Waals surface area contributed by atoms with Gasteiger partial charge in [0.05, 0.1) is 16.2 Å². The highest BCUT2D eigenvalue weighted by Gasteiger charge is 2.16. The van der Waals surface area contributed by atoms with Gasteiger partial charge in [-0.3, -0.25) is 15.1 Å². The number of halogens is 1. The molecule has 2 aromatic rings. The minimum absolute atomic E-state index is 0.0254. The molecule has 0 aliphatic heterocycles. The van der Waals surface area contributed by atoms with Crippen LogP contribution in [0.25, 0.3) is 0 Å². The molecule has 1 N–H and O–H groups in total. The Morgan fingerprint density at radius 1 is 1.38 bits per heavy atom. The molecule has 0 aliphatic carbocycles. The molecule has 0 unspecified atom stereocenters. The quantitative estimate of drug-likeness (QED) is 0.673. The Morgan fingerprint density at radius 2 is 2.14 bits per heavy atom. The lowest BCUT2D eigenvalue weighted by Gasteiger charge is -2.06. The number of rotatable bonds is 5. The lowest BCUT2D eigenvalue weighted by molar-refractivity contribution is -0.385. The number of nitro benzene ring substituents is 1. The molecule has 0 fully saturated rings. The summed E-state index contributed by atoms with van der Waals surface area (Å²) in [5.74, 6) is -1.02. The molecule has 0 saturated heterocycles.